The highest BCUT2D eigenvalue weighted by molar-refractivity contribution is 6.33. The maximum absolute atomic E-state index is 6.56. The molecule has 1 atom stereocenters. The predicted molar refractivity (Wildman–Crippen MR) is 82.4 cm³/mol. The molecule has 1 N–H and O–H groups in total. The van der Waals surface area contributed by atoms with Crippen LogP contribution in [0.1, 0.15) is 22.6 Å². The molecule has 0 saturated carbocycles. The van der Waals surface area contributed by atoms with Crippen LogP contribution in [0.4, 0.5) is 0 Å². The lowest BCUT2D eigenvalue weighted by Crippen LogP contribution is -2.20. The highest BCUT2D eigenvalue weighted by atomic mass is 35.5. The zero-order valence-corrected chi connectivity index (χ0v) is 12.3. The molecular formula is C17H16ClNO2. The Kier molecular flexibility index (Phi) is 3.24. The highest BCUT2D eigenvalue weighted by Gasteiger charge is 2.28. The fourth-order valence-corrected chi connectivity index (χ4v) is 3.53. The van der Waals surface area contributed by atoms with Crippen LogP contribution in [0.25, 0.3) is 0 Å². The summed E-state index contributed by atoms with van der Waals surface area (Å²) in [5.74, 6) is 1.75. The number of rotatable bonds is 1. The lowest BCUT2D eigenvalue weighted by molar-refractivity contribution is 0.174. The second kappa shape index (κ2) is 5.24. The fraction of sp³-hybridized carbons (Fsp3) is 0.294. The van der Waals surface area contributed by atoms with E-state index in [0.717, 1.165) is 25.3 Å². The number of hydrogen-bond acceptors (Lipinski definition) is 3. The molecule has 0 saturated heterocycles. The van der Waals surface area contributed by atoms with Gasteiger partial charge in [0.1, 0.15) is 0 Å². The minimum atomic E-state index is 0.256. The molecule has 2 aliphatic heterocycles. The van der Waals surface area contributed by atoms with Crippen LogP contribution in [0, 0.1) is 0 Å². The Bertz CT molecular complexity index is 672. The average molecular weight is 302 g/mol. The molecule has 108 valence electrons. The van der Waals surface area contributed by atoms with Crippen molar-refractivity contribution in [2.24, 2.45) is 0 Å². The molecule has 0 aromatic heterocycles. The van der Waals surface area contributed by atoms with Gasteiger partial charge in [-0.05, 0) is 35.7 Å². The summed E-state index contributed by atoms with van der Waals surface area (Å²) < 4.78 is 11.0. The first-order valence-corrected chi connectivity index (χ1v) is 7.59. The maximum Gasteiger partial charge on any atom is 0.231 e. The van der Waals surface area contributed by atoms with E-state index in [1.54, 1.807) is 0 Å². The molecule has 2 aromatic rings. The van der Waals surface area contributed by atoms with E-state index < -0.39 is 0 Å². The maximum atomic E-state index is 6.56. The third-order valence-corrected chi connectivity index (χ3v) is 4.62. The van der Waals surface area contributed by atoms with Crippen LogP contribution in [0.5, 0.6) is 11.5 Å². The van der Waals surface area contributed by atoms with Gasteiger partial charge in [0.15, 0.2) is 11.5 Å². The van der Waals surface area contributed by atoms with Crippen molar-refractivity contribution in [3.63, 3.8) is 0 Å². The number of halogens is 1. The van der Waals surface area contributed by atoms with Gasteiger partial charge < -0.3 is 14.8 Å². The van der Waals surface area contributed by atoms with Crippen LogP contribution in [-0.2, 0) is 6.42 Å². The Morgan fingerprint density at radius 1 is 1.14 bits per heavy atom. The average Bonchev–Trinajstić information content (AvgIpc) is 2.88. The third-order valence-electron chi connectivity index (χ3n) is 4.22. The second-order valence-electron chi connectivity index (χ2n) is 5.41. The normalized spacial score (nSPS) is 20.0. The van der Waals surface area contributed by atoms with Gasteiger partial charge in [0.2, 0.25) is 6.79 Å². The van der Waals surface area contributed by atoms with Gasteiger partial charge in [0, 0.05) is 12.5 Å². The molecule has 2 heterocycles. The molecule has 1 unspecified atom stereocenters. The SMILES string of the molecule is Clc1c2c(cc3c1OCO3)C(c1ccccc1)CNCC2. The van der Waals surface area contributed by atoms with Crippen LogP contribution < -0.4 is 14.8 Å². The summed E-state index contributed by atoms with van der Waals surface area (Å²) >= 11 is 6.56. The summed E-state index contributed by atoms with van der Waals surface area (Å²) in [5, 5.41) is 4.22. The van der Waals surface area contributed by atoms with Gasteiger partial charge >= 0.3 is 0 Å². The third kappa shape index (κ3) is 2.17. The number of hydrogen-bond donors (Lipinski definition) is 1. The number of nitrogens with one attached hydrogen (secondary N) is 1. The van der Waals surface area contributed by atoms with Crippen LogP contribution in [0.2, 0.25) is 5.02 Å². The van der Waals surface area contributed by atoms with Crippen molar-refractivity contribution in [3.05, 3.63) is 58.1 Å². The first kappa shape index (κ1) is 13.0. The van der Waals surface area contributed by atoms with Crippen LogP contribution in [-0.4, -0.2) is 19.9 Å². The van der Waals surface area contributed by atoms with Gasteiger partial charge in [0.05, 0.1) is 5.02 Å². The zero-order chi connectivity index (χ0) is 14.2. The topological polar surface area (TPSA) is 30.5 Å². The van der Waals surface area contributed by atoms with E-state index in [2.05, 4.69) is 35.6 Å². The van der Waals surface area contributed by atoms with E-state index >= 15 is 0 Å². The van der Waals surface area contributed by atoms with Crippen molar-refractivity contribution in [1.82, 2.24) is 5.32 Å². The fourth-order valence-electron chi connectivity index (χ4n) is 3.18. The molecule has 0 bridgehead atoms. The quantitative estimate of drug-likeness (QED) is 0.876. The smallest absolute Gasteiger partial charge is 0.231 e. The Hall–Kier alpha value is -1.71. The summed E-state index contributed by atoms with van der Waals surface area (Å²) in [6.45, 7) is 2.09. The summed E-state index contributed by atoms with van der Waals surface area (Å²) in [6, 6.07) is 12.6. The second-order valence-corrected chi connectivity index (χ2v) is 5.79. The molecular weight excluding hydrogens is 286 g/mol. The lowest BCUT2D eigenvalue weighted by atomic mass is 9.87. The first-order chi connectivity index (χ1) is 10.3. The van der Waals surface area contributed by atoms with Gasteiger partial charge in [-0.15, -0.1) is 0 Å². The summed E-state index contributed by atoms with van der Waals surface area (Å²) in [6.07, 6.45) is 0.911. The lowest BCUT2D eigenvalue weighted by Gasteiger charge is -2.19. The summed E-state index contributed by atoms with van der Waals surface area (Å²) in [5.41, 5.74) is 3.73. The van der Waals surface area contributed by atoms with Crippen molar-refractivity contribution in [2.45, 2.75) is 12.3 Å². The molecule has 0 fully saturated rings. The van der Waals surface area contributed by atoms with Gasteiger partial charge in [-0.25, -0.2) is 0 Å². The summed E-state index contributed by atoms with van der Waals surface area (Å²) in [4.78, 5) is 0. The van der Waals surface area contributed by atoms with Crippen molar-refractivity contribution < 1.29 is 9.47 Å². The van der Waals surface area contributed by atoms with E-state index in [4.69, 9.17) is 21.1 Å². The van der Waals surface area contributed by atoms with Crippen LogP contribution >= 0.6 is 11.6 Å². The van der Waals surface area contributed by atoms with Crippen molar-refractivity contribution in [3.8, 4) is 11.5 Å². The van der Waals surface area contributed by atoms with Gasteiger partial charge in [0.25, 0.3) is 0 Å². The molecule has 0 spiro atoms. The molecule has 3 nitrogen and oxygen atoms in total. The van der Waals surface area contributed by atoms with Crippen LogP contribution in [0.15, 0.2) is 36.4 Å². The van der Waals surface area contributed by atoms with E-state index in [0.29, 0.717) is 10.8 Å². The highest BCUT2D eigenvalue weighted by Crippen LogP contribution is 2.46. The van der Waals surface area contributed by atoms with Crippen molar-refractivity contribution >= 4 is 11.6 Å². The molecule has 2 aromatic carbocycles. The van der Waals surface area contributed by atoms with Crippen molar-refractivity contribution in [1.29, 1.82) is 0 Å². The molecule has 21 heavy (non-hydrogen) atoms. The van der Waals surface area contributed by atoms with Crippen molar-refractivity contribution in [2.75, 3.05) is 19.9 Å². The summed E-state index contributed by atoms with van der Waals surface area (Å²) in [7, 11) is 0. The Balaban J connectivity index is 1.88. The molecule has 0 aliphatic carbocycles. The molecule has 4 heteroatoms. The standard InChI is InChI=1S/C17H16ClNO2/c18-16-12-6-7-19-9-14(11-4-2-1-3-5-11)13(12)8-15-17(16)21-10-20-15/h1-5,8,14,19H,6-7,9-10H2. The molecule has 0 radical (unpaired) electrons. The molecule has 0 amide bonds. The van der Waals surface area contributed by atoms with E-state index in [1.807, 2.05) is 6.07 Å². The van der Waals surface area contributed by atoms with Crippen LogP contribution in [0.3, 0.4) is 0 Å². The molecule has 2 aliphatic rings. The number of benzene rings is 2. The zero-order valence-electron chi connectivity index (χ0n) is 11.6. The minimum absolute atomic E-state index is 0.256. The Morgan fingerprint density at radius 2 is 2.00 bits per heavy atom. The van der Waals surface area contributed by atoms with Gasteiger partial charge in [-0.3, -0.25) is 0 Å². The monoisotopic (exact) mass is 301 g/mol. The minimum Gasteiger partial charge on any atom is -0.454 e. The Labute approximate surface area is 128 Å². The van der Waals surface area contributed by atoms with E-state index in [9.17, 15) is 0 Å². The largest absolute Gasteiger partial charge is 0.454 e. The molecule has 4 rings (SSSR count). The van der Waals surface area contributed by atoms with Gasteiger partial charge in [-0.2, -0.15) is 0 Å². The van der Waals surface area contributed by atoms with Gasteiger partial charge in [-0.1, -0.05) is 41.9 Å². The van der Waals surface area contributed by atoms with E-state index in [-0.39, 0.29) is 12.7 Å². The van der Waals surface area contributed by atoms with E-state index in [1.165, 1.54) is 16.7 Å². The number of ether oxygens (including phenoxy) is 2. The Morgan fingerprint density at radius 3 is 2.86 bits per heavy atom. The number of fused-ring (bicyclic) bond motifs is 2. The predicted octanol–water partition coefficient (Wildman–Crippen LogP) is 3.35. The first-order valence-electron chi connectivity index (χ1n) is 7.21.